The molecule has 1 heterocycles. The number of aliphatic carboxylic acids is 1. The van der Waals surface area contributed by atoms with Crippen molar-refractivity contribution in [2.75, 3.05) is 11.9 Å². The number of nitrogens with zero attached hydrogens (tertiary/aromatic N) is 1. The predicted octanol–water partition coefficient (Wildman–Crippen LogP) is 8.45. The van der Waals surface area contributed by atoms with Crippen molar-refractivity contribution in [3.05, 3.63) is 88.2 Å². The Balaban J connectivity index is 1.19. The molecule has 0 amide bonds. The molecule has 6 rings (SSSR count). The lowest BCUT2D eigenvalue weighted by Gasteiger charge is -2.47. The Morgan fingerprint density at radius 2 is 1.88 bits per heavy atom. The first-order valence-corrected chi connectivity index (χ1v) is 16.0. The van der Waals surface area contributed by atoms with Gasteiger partial charge < -0.3 is 15.2 Å². The summed E-state index contributed by atoms with van der Waals surface area (Å²) in [5.74, 6) is 2.17. The van der Waals surface area contributed by atoms with Crippen LogP contribution in [0.1, 0.15) is 87.6 Å². The average molecular weight is 587 g/mol. The molecule has 0 bridgehead atoms. The van der Waals surface area contributed by atoms with E-state index in [1.165, 1.54) is 28.8 Å². The normalized spacial score (nSPS) is 29.0. The van der Waals surface area contributed by atoms with Crippen LogP contribution in [0.5, 0.6) is 5.75 Å². The highest BCUT2D eigenvalue weighted by Gasteiger charge is 2.54. The zero-order valence-electron chi connectivity index (χ0n) is 25.0. The second-order valence-corrected chi connectivity index (χ2v) is 13.9. The predicted molar refractivity (Wildman–Crippen MR) is 169 cm³/mol. The van der Waals surface area contributed by atoms with E-state index < -0.39 is 11.5 Å². The zero-order valence-corrected chi connectivity index (χ0v) is 25.8. The highest BCUT2D eigenvalue weighted by atomic mass is 35.5. The van der Waals surface area contributed by atoms with Gasteiger partial charge in [-0.15, -0.1) is 0 Å². The second-order valence-electron chi connectivity index (χ2n) is 13.5. The first-order valence-electron chi connectivity index (χ1n) is 15.7. The Morgan fingerprint density at radius 3 is 2.64 bits per heavy atom. The topological polar surface area (TPSA) is 71.5 Å². The monoisotopic (exact) mass is 586 g/mol. The average Bonchev–Trinajstić information content (AvgIpc) is 3.25. The first kappa shape index (κ1) is 29.0. The van der Waals surface area contributed by atoms with E-state index in [1.54, 1.807) is 0 Å². The lowest BCUT2D eigenvalue weighted by molar-refractivity contribution is -0.144. The fourth-order valence-electron chi connectivity index (χ4n) is 8.44. The lowest BCUT2D eigenvalue weighted by atomic mass is 9.59. The van der Waals surface area contributed by atoms with Gasteiger partial charge in [-0.2, -0.15) is 0 Å². The fourth-order valence-corrected chi connectivity index (χ4v) is 8.63. The number of hydrogen-bond acceptors (Lipinski definition) is 4. The molecule has 0 radical (unpaired) electrons. The number of anilines is 1. The smallest absolute Gasteiger partial charge is 0.329 e. The van der Waals surface area contributed by atoms with Crippen molar-refractivity contribution in [3.8, 4) is 5.75 Å². The minimum absolute atomic E-state index is 0.0136. The number of aromatic nitrogens is 1. The highest BCUT2D eigenvalue weighted by Crippen LogP contribution is 2.56. The minimum atomic E-state index is -0.999. The molecule has 1 spiro atoms. The summed E-state index contributed by atoms with van der Waals surface area (Å²) in [6, 6.07) is 18.3. The minimum Gasteiger partial charge on any atom is -0.493 e. The number of benzene rings is 2. The van der Waals surface area contributed by atoms with E-state index in [0.29, 0.717) is 48.1 Å². The maximum absolute atomic E-state index is 12.7. The van der Waals surface area contributed by atoms with Crippen molar-refractivity contribution in [1.29, 1.82) is 0 Å². The summed E-state index contributed by atoms with van der Waals surface area (Å²) in [7, 11) is 0. The molecule has 0 aliphatic heterocycles. The molecule has 4 atom stereocenters. The number of nitrogens with one attached hydrogen (secondary N) is 1. The Kier molecular flexibility index (Phi) is 7.99. The van der Waals surface area contributed by atoms with Crippen molar-refractivity contribution in [2.45, 2.75) is 89.0 Å². The molecule has 1 fully saturated rings. The maximum atomic E-state index is 12.7. The molecule has 1 saturated carbocycles. The maximum Gasteiger partial charge on any atom is 0.329 e. The van der Waals surface area contributed by atoms with Crippen LogP contribution in [0.15, 0.2) is 60.8 Å². The molecule has 6 heteroatoms. The van der Waals surface area contributed by atoms with Gasteiger partial charge in [-0.3, -0.25) is 4.98 Å². The van der Waals surface area contributed by atoms with Crippen LogP contribution in [0.4, 0.5) is 5.69 Å². The van der Waals surface area contributed by atoms with Gasteiger partial charge >= 0.3 is 5.97 Å². The number of pyridine rings is 1. The van der Waals surface area contributed by atoms with Crippen LogP contribution in [0, 0.1) is 17.8 Å². The molecule has 0 saturated heterocycles. The van der Waals surface area contributed by atoms with Gasteiger partial charge in [0.05, 0.1) is 6.61 Å². The van der Waals surface area contributed by atoms with E-state index in [1.807, 2.05) is 36.5 Å². The number of ether oxygens (including phenoxy) is 1. The molecule has 0 unspecified atom stereocenters. The van der Waals surface area contributed by atoms with Gasteiger partial charge in [0.15, 0.2) is 0 Å². The standard InChI is InChI=1S/C36H43ClN2O3/c1-23-17-25(3)33-31(19-23)38-16-11-32(33)42-22-24(2)18-27-20-26-7-4-5-10-30(26)35(27)12-14-36(15-13-35,34(40)41)39-29-9-6-8-28(37)21-29/h4-11,16,21,23-25,27,39H,12-15,17-20,22H2,1-3H3,(H,40,41)/t23-,24-,25-,27+,35?,36?/m1/s1. The Labute approximate surface area is 255 Å². The van der Waals surface area contributed by atoms with Crippen molar-refractivity contribution < 1.29 is 14.6 Å². The van der Waals surface area contributed by atoms with E-state index in [4.69, 9.17) is 21.3 Å². The van der Waals surface area contributed by atoms with Gasteiger partial charge in [-0.25, -0.2) is 4.79 Å². The van der Waals surface area contributed by atoms with Crippen molar-refractivity contribution >= 4 is 23.3 Å². The van der Waals surface area contributed by atoms with Crippen molar-refractivity contribution in [2.24, 2.45) is 17.8 Å². The van der Waals surface area contributed by atoms with Crippen molar-refractivity contribution in [1.82, 2.24) is 4.98 Å². The summed E-state index contributed by atoms with van der Waals surface area (Å²) < 4.78 is 6.54. The molecular weight excluding hydrogens is 544 g/mol. The molecule has 1 aromatic heterocycles. The van der Waals surface area contributed by atoms with Crippen LogP contribution in [-0.2, 0) is 23.1 Å². The van der Waals surface area contributed by atoms with Gasteiger partial charge in [0.2, 0.25) is 0 Å². The third-order valence-corrected chi connectivity index (χ3v) is 10.7. The second kappa shape index (κ2) is 11.6. The van der Waals surface area contributed by atoms with Gasteiger partial charge in [0.1, 0.15) is 11.3 Å². The number of carbonyl (C=O) groups is 1. The van der Waals surface area contributed by atoms with Gasteiger partial charge in [-0.05, 0) is 116 Å². The third kappa shape index (κ3) is 5.41. The number of halogens is 1. The van der Waals surface area contributed by atoms with Crippen LogP contribution in [-0.4, -0.2) is 28.2 Å². The molecule has 2 N–H and O–H groups in total. The molecule has 2 aromatic carbocycles. The molecular formula is C36H43ClN2O3. The third-order valence-electron chi connectivity index (χ3n) is 10.4. The first-order chi connectivity index (χ1) is 20.2. The SMILES string of the molecule is C[C@@H](COc1ccnc2c1[C@H](C)C[C@@H](C)C2)C[C@H]1Cc2ccccc2C12CCC(Nc1cccc(Cl)c1)(C(=O)O)CC2. The van der Waals surface area contributed by atoms with Crippen LogP contribution in [0.3, 0.4) is 0 Å². The van der Waals surface area contributed by atoms with Gasteiger partial charge in [0.25, 0.3) is 0 Å². The summed E-state index contributed by atoms with van der Waals surface area (Å²) in [5, 5.41) is 14.4. The Hall–Kier alpha value is -3.05. The number of fused-ring (bicyclic) bond motifs is 3. The number of rotatable bonds is 8. The van der Waals surface area contributed by atoms with E-state index in [9.17, 15) is 9.90 Å². The van der Waals surface area contributed by atoms with Crippen LogP contribution >= 0.6 is 11.6 Å². The summed E-state index contributed by atoms with van der Waals surface area (Å²) in [6.07, 6.45) is 9.04. The number of hydrogen-bond donors (Lipinski definition) is 2. The van der Waals surface area contributed by atoms with Crippen molar-refractivity contribution in [3.63, 3.8) is 0 Å². The van der Waals surface area contributed by atoms with E-state index >= 15 is 0 Å². The molecule has 222 valence electrons. The molecule has 3 aliphatic rings. The highest BCUT2D eigenvalue weighted by molar-refractivity contribution is 6.30. The van der Waals surface area contributed by atoms with Gasteiger partial charge in [-0.1, -0.05) is 62.7 Å². The van der Waals surface area contributed by atoms with Gasteiger partial charge in [0, 0.05) is 28.2 Å². The molecule has 3 aliphatic carbocycles. The van der Waals surface area contributed by atoms with Crippen LogP contribution in [0.25, 0.3) is 0 Å². The van der Waals surface area contributed by atoms with Crippen LogP contribution < -0.4 is 10.1 Å². The lowest BCUT2D eigenvalue weighted by Crippen LogP contribution is -2.53. The fraction of sp³-hybridized carbons (Fsp3) is 0.500. The number of carboxylic acids is 1. The van der Waals surface area contributed by atoms with E-state index in [0.717, 1.165) is 43.5 Å². The molecule has 42 heavy (non-hydrogen) atoms. The Morgan fingerprint density at radius 1 is 1.10 bits per heavy atom. The van der Waals surface area contributed by atoms with E-state index in [2.05, 4.69) is 50.4 Å². The largest absolute Gasteiger partial charge is 0.493 e. The molecule has 5 nitrogen and oxygen atoms in total. The Bertz CT molecular complexity index is 1450. The summed E-state index contributed by atoms with van der Waals surface area (Å²) >= 11 is 6.22. The zero-order chi connectivity index (χ0) is 29.5. The van der Waals surface area contributed by atoms with Crippen LogP contribution in [0.2, 0.25) is 5.02 Å². The molecule has 3 aromatic rings. The van der Waals surface area contributed by atoms with E-state index in [-0.39, 0.29) is 5.41 Å². The summed E-state index contributed by atoms with van der Waals surface area (Å²) in [5.41, 5.74) is 5.10. The summed E-state index contributed by atoms with van der Waals surface area (Å²) in [6.45, 7) is 7.59. The summed E-state index contributed by atoms with van der Waals surface area (Å²) in [4.78, 5) is 17.4. The quantitative estimate of drug-likeness (QED) is 0.277. The number of carboxylic acid groups (broad SMARTS) is 1.